The maximum absolute atomic E-state index is 12.9. The van der Waals surface area contributed by atoms with E-state index in [4.69, 9.17) is 0 Å². The molecule has 0 N–H and O–H groups in total. The first-order valence-electron chi connectivity index (χ1n) is 8.20. The average molecular weight is 275 g/mol. The largest absolute Gasteiger partial charge is 0.338 e. The Hall–Kier alpha value is -1.08. The Labute approximate surface area is 121 Å². The van der Waals surface area contributed by atoms with Gasteiger partial charge in [-0.2, -0.15) is 5.26 Å². The molecule has 2 saturated heterocycles. The van der Waals surface area contributed by atoms with Crippen LogP contribution in [0, 0.1) is 16.7 Å². The van der Waals surface area contributed by atoms with Gasteiger partial charge < -0.3 is 4.90 Å². The molecule has 0 spiro atoms. The van der Waals surface area contributed by atoms with E-state index in [1.54, 1.807) is 0 Å². The van der Waals surface area contributed by atoms with Gasteiger partial charge in [-0.05, 0) is 32.2 Å². The third kappa shape index (κ3) is 2.44. The van der Waals surface area contributed by atoms with Gasteiger partial charge in [0.05, 0.1) is 6.07 Å². The number of fused-ring (bicyclic) bond motifs is 1. The lowest BCUT2D eigenvalue weighted by Gasteiger charge is -2.40. The molecule has 20 heavy (non-hydrogen) atoms. The lowest BCUT2D eigenvalue weighted by atomic mass is 9.80. The SMILES string of the molecule is N#CC1(C(=O)N2CCN3CCCC3C2)CCCCCC1. The minimum atomic E-state index is -0.711. The lowest BCUT2D eigenvalue weighted by Crippen LogP contribution is -2.55. The zero-order valence-corrected chi connectivity index (χ0v) is 12.3. The molecule has 0 aromatic rings. The van der Waals surface area contributed by atoms with E-state index in [-0.39, 0.29) is 5.91 Å². The molecule has 1 unspecified atom stereocenters. The van der Waals surface area contributed by atoms with Gasteiger partial charge in [-0.15, -0.1) is 0 Å². The molecule has 0 radical (unpaired) electrons. The van der Waals surface area contributed by atoms with Crippen LogP contribution in [0.1, 0.15) is 51.4 Å². The van der Waals surface area contributed by atoms with Crippen molar-refractivity contribution in [3.63, 3.8) is 0 Å². The molecule has 0 aromatic carbocycles. The van der Waals surface area contributed by atoms with Crippen LogP contribution in [0.2, 0.25) is 0 Å². The van der Waals surface area contributed by atoms with Crippen molar-refractivity contribution in [1.82, 2.24) is 9.80 Å². The summed E-state index contributed by atoms with van der Waals surface area (Å²) >= 11 is 0. The van der Waals surface area contributed by atoms with E-state index in [9.17, 15) is 10.1 Å². The highest BCUT2D eigenvalue weighted by molar-refractivity contribution is 5.85. The van der Waals surface area contributed by atoms with Crippen molar-refractivity contribution in [3.05, 3.63) is 0 Å². The summed E-state index contributed by atoms with van der Waals surface area (Å²) in [6.07, 6.45) is 8.42. The van der Waals surface area contributed by atoms with Gasteiger partial charge in [0, 0.05) is 25.7 Å². The molecule has 2 heterocycles. The second kappa shape index (κ2) is 5.73. The van der Waals surface area contributed by atoms with Gasteiger partial charge in [0.2, 0.25) is 5.91 Å². The predicted molar refractivity (Wildman–Crippen MR) is 76.9 cm³/mol. The minimum Gasteiger partial charge on any atom is -0.338 e. The van der Waals surface area contributed by atoms with E-state index in [0.29, 0.717) is 6.04 Å². The third-order valence-corrected chi connectivity index (χ3v) is 5.46. The summed E-state index contributed by atoms with van der Waals surface area (Å²) in [7, 11) is 0. The molecule has 3 fully saturated rings. The van der Waals surface area contributed by atoms with Crippen molar-refractivity contribution in [3.8, 4) is 6.07 Å². The fourth-order valence-corrected chi connectivity index (χ4v) is 4.18. The highest BCUT2D eigenvalue weighted by Gasteiger charge is 2.44. The molecule has 110 valence electrons. The second-order valence-electron chi connectivity index (χ2n) is 6.69. The molecule has 1 aliphatic carbocycles. The standard InChI is InChI=1S/C16H25N3O/c17-13-16(7-3-1-2-4-8-16)15(20)19-11-10-18-9-5-6-14(18)12-19/h14H,1-12H2. The summed E-state index contributed by atoms with van der Waals surface area (Å²) in [4.78, 5) is 17.4. The van der Waals surface area contributed by atoms with E-state index >= 15 is 0 Å². The van der Waals surface area contributed by atoms with Gasteiger partial charge in [0.25, 0.3) is 0 Å². The monoisotopic (exact) mass is 275 g/mol. The molecule has 3 aliphatic rings. The number of rotatable bonds is 1. The molecule has 3 rings (SSSR count). The molecule has 0 aromatic heterocycles. The van der Waals surface area contributed by atoms with Crippen molar-refractivity contribution in [2.45, 2.75) is 57.4 Å². The molecule has 4 heteroatoms. The Balaban J connectivity index is 1.72. The quantitative estimate of drug-likeness (QED) is 0.689. The normalized spacial score (nSPS) is 30.4. The number of hydrogen-bond donors (Lipinski definition) is 0. The van der Waals surface area contributed by atoms with Gasteiger partial charge in [0.1, 0.15) is 5.41 Å². The Kier molecular flexibility index (Phi) is 3.98. The molecule has 1 saturated carbocycles. The van der Waals surface area contributed by atoms with Gasteiger partial charge in [-0.3, -0.25) is 9.69 Å². The number of nitrogens with zero attached hydrogens (tertiary/aromatic N) is 3. The highest BCUT2D eigenvalue weighted by Crippen LogP contribution is 2.37. The zero-order valence-electron chi connectivity index (χ0n) is 12.3. The third-order valence-electron chi connectivity index (χ3n) is 5.46. The van der Waals surface area contributed by atoms with Gasteiger partial charge >= 0.3 is 0 Å². The topological polar surface area (TPSA) is 47.3 Å². The van der Waals surface area contributed by atoms with Crippen molar-refractivity contribution in [1.29, 1.82) is 5.26 Å². The average Bonchev–Trinajstić information content (AvgIpc) is 2.81. The number of carbonyl (C=O) groups is 1. The van der Waals surface area contributed by atoms with Crippen molar-refractivity contribution in [2.75, 3.05) is 26.2 Å². The Morgan fingerprint density at radius 2 is 1.80 bits per heavy atom. The van der Waals surface area contributed by atoms with Crippen LogP contribution in [-0.4, -0.2) is 47.9 Å². The van der Waals surface area contributed by atoms with E-state index in [0.717, 1.165) is 45.3 Å². The van der Waals surface area contributed by atoms with Crippen molar-refractivity contribution >= 4 is 5.91 Å². The number of amides is 1. The number of nitriles is 1. The fraction of sp³-hybridized carbons (Fsp3) is 0.875. The number of carbonyl (C=O) groups excluding carboxylic acids is 1. The van der Waals surface area contributed by atoms with Crippen LogP contribution in [0.3, 0.4) is 0 Å². The summed E-state index contributed by atoms with van der Waals surface area (Å²) in [5.41, 5.74) is -0.711. The van der Waals surface area contributed by atoms with Crippen LogP contribution in [0.5, 0.6) is 0 Å². The van der Waals surface area contributed by atoms with Gasteiger partial charge in [-0.25, -0.2) is 0 Å². The Morgan fingerprint density at radius 3 is 2.50 bits per heavy atom. The molecular formula is C16H25N3O. The van der Waals surface area contributed by atoms with Crippen LogP contribution < -0.4 is 0 Å². The summed E-state index contributed by atoms with van der Waals surface area (Å²) < 4.78 is 0. The fourth-order valence-electron chi connectivity index (χ4n) is 4.18. The van der Waals surface area contributed by atoms with Crippen molar-refractivity contribution in [2.24, 2.45) is 5.41 Å². The summed E-state index contributed by atoms with van der Waals surface area (Å²) in [6, 6.07) is 2.96. The lowest BCUT2D eigenvalue weighted by molar-refractivity contribution is -0.142. The van der Waals surface area contributed by atoms with Crippen LogP contribution >= 0.6 is 0 Å². The van der Waals surface area contributed by atoms with Crippen molar-refractivity contribution < 1.29 is 4.79 Å². The molecule has 4 nitrogen and oxygen atoms in total. The van der Waals surface area contributed by atoms with Gasteiger partial charge in [0.15, 0.2) is 0 Å². The summed E-state index contributed by atoms with van der Waals surface area (Å²) in [6.45, 7) is 3.86. The van der Waals surface area contributed by atoms with Crippen LogP contribution in [0.25, 0.3) is 0 Å². The first-order valence-corrected chi connectivity index (χ1v) is 8.20. The first kappa shape index (κ1) is 13.9. The van der Waals surface area contributed by atoms with Crippen LogP contribution in [-0.2, 0) is 4.79 Å². The minimum absolute atomic E-state index is 0.133. The maximum Gasteiger partial charge on any atom is 0.243 e. The molecule has 0 bridgehead atoms. The first-order chi connectivity index (χ1) is 9.75. The Bertz CT molecular complexity index is 406. The Morgan fingerprint density at radius 1 is 1.05 bits per heavy atom. The highest BCUT2D eigenvalue weighted by atomic mass is 16.2. The van der Waals surface area contributed by atoms with E-state index in [1.165, 1.54) is 32.2 Å². The molecule has 1 amide bonds. The number of piperazine rings is 1. The van der Waals surface area contributed by atoms with Crippen LogP contribution in [0.15, 0.2) is 0 Å². The van der Waals surface area contributed by atoms with E-state index in [2.05, 4.69) is 11.0 Å². The predicted octanol–water partition coefficient (Wildman–Crippen LogP) is 2.16. The van der Waals surface area contributed by atoms with Gasteiger partial charge in [-0.1, -0.05) is 25.7 Å². The molecular weight excluding hydrogens is 250 g/mol. The van der Waals surface area contributed by atoms with Crippen LogP contribution in [0.4, 0.5) is 0 Å². The summed E-state index contributed by atoms with van der Waals surface area (Å²) in [5.74, 6) is 0.133. The van der Waals surface area contributed by atoms with E-state index < -0.39 is 5.41 Å². The number of hydrogen-bond acceptors (Lipinski definition) is 3. The second-order valence-corrected chi connectivity index (χ2v) is 6.69. The molecule has 2 aliphatic heterocycles. The smallest absolute Gasteiger partial charge is 0.243 e. The zero-order chi connectivity index (χ0) is 14.0. The summed E-state index contributed by atoms with van der Waals surface area (Å²) in [5, 5.41) is 9.65. The van der Waals surface area contributed by atoms with E-state index in [1.807, 2.05) is 4.90 Å². The maximum atomic E-state index is 12.9. The molecule has 1 atom stereocenters.